The molecule has 0 spiro atoms. The first-order chi connectivity index (χ1) is 14.6. The number of nitrogens with zero attached hydrogens (tertiary/aromatic N) is 5. The molecule has 0 radical (unpaired) electrons. The van der Waals surface area contributed by atoms with Crippen LogP contribution in [0.1, 0.15) is 16.7 Å². The van der Waals surface area contributed by atoms with Gasteiger partial charge in [0.1, 0.15) is 12.1 Å². The van der Waals surface area contributed by atoms with Gasteiger partial charge in [-0.15, -0.1) is 10.2 Å². The second kappa shape index (κ2) is 8.96. The Labute approximate surface area is 179 Å². The van der Waals surface area contributed by atoms with Crippen LogP contribution in [0.5, 0.6) is 0 Å². The number of amides is 1. The average molecular weight is 419 g/mol. The molecule has 30 heavy (non-hydrogen) atoms. The SMILES string of the molecule is Cc1ccc(-n2cnnc2SCC(=O)Nc2ccnn2Cc2ccccc2)cc1C. The zero-order valence-corrected chi connectivity index (χ0v) is 17.6. The maximum Gasteiger partial charge on any atom is 0.235 e. The van der Waals surface area contributed by atoms with E-state index in [0.717, 1.165) is 11.3 Å². The molecule has 152 valence electrons. The Hall–Kier alpha value is -3.39. The van der Waals surface area contributed by atoms with Gasteiger partial charge in [-0.25, -0.2) is 4.68 Å². The Balaban J connectivity index is 1.39. The molecule has 0 aliphatic rings. The summed E-state index contributed by atoms with van der Waals surface area (Å²) in [5.41, 5.74) is 4.52. The fourth-order valence-electron chi connectivity index (χ4n) is 3.01. The average Bonchev–Trinajstić information content (AvgIpc) is 3.39. The van der Waals surface area contributed by atoms with E-state index in [2.05, 4.69) is 46.6 Å². The molecule has 2 heterocycles. The molecule has 0 atom stereocenters. The lowest BCUT2D eigenvalue weighted by Crippen LogP contribution is -2.18. The van der Waals surface area contributed by atoms with Gasteiger partial charge in [0.05, 0.1) is 18.5 Å². The van der Waals surface area contributed by atoms with E-state index in [9.17, 15) is 4.79 Å². The van der Waals surface area contributed by atoms with Crippen molar-refractivity contribution in [1.29, 1.82) is 0 Å². The molecule has 0 bridgehead atoms. The molecule has 2 aromatic heterocycles. The van der Waals surface area contributed by atoms with Gasteiger partial charge in [0.25, 0.3) is 0 Å². The van der Waals surface area contributed by atoms with Crippen molar-refractivity contribution >= 4 is 23.5 Å². The molecule has 2 aromatic carbocycles. The number of rotatable bonds is 7. The maximum absolute atomic E-state index is 12.5. The smallest absolute Gasteiger partial charge is 0.235 e. The van der Waals surface area contributed by atoms with Crippen LogP contribution in [0.2, 0.25) is 0 Å². The van der Waals surface area contributed by atoms with Gasteiger partial charge in [-0.1, -0.05) is 48.2 Å². The van der Waals surface area contributed by atoms with E-state index in [4.69, 9.17) is 0 Å². The van der Waals surface area contributed by atoms with Crippen molar-refractivity contribution in [1.82, 2.24) is 24.5 Å². The number of hydrogen-bond acceptors (Lipinski definition) is 5. The molecule has 4 rings (SSSR count). The van der Waals surface area contributed by atoms with Crippen LogP contribution in [0.25, 0.3) is 5.69 Å². The molecule has 1 amide bonds. The lowest BCUT2D eigenvalue weighted by atomic mass is 10.1. The van der Waals surface area contributed by atoms with Crippen LogP contribution >= 0.6 is 11.8 Å². The predicted octanol–water partition coefficient (Wildman–Crippen LogP) is 3.86. The summed E-state index contributed by atoms with van der Waals surface area (Å²) in [6.07, 6.45) is 3.35. The fourth-order valence-corrected chi connectivity index (χ4v) is 3.73. The maximum atomic E-state index is 12.5. The first kappa shape index (κ1) is 19.9. The third-order valence-electron chi connectivity index (χ3n) is 4.78. The number of carbonyl (C=O) groups excluding carboxylic acids is 1. The summed E-state index contributed by atoms with van der Waals surface area (Å²) in [5, 5.41) is 16.1. The number of aryl methyl sites for hydroxylation is 2. The van der Waals surface area contributed by atoms with Gasteiger partial charge in [0.15, 0.2) is 5.16 Å². The topological polar surface area (TPSA) is 77.6 Å². The molecule has 4 aromatic rings. The third-order valence-corrected chi connectivity index (χ3v) is 5.72. The molecule has 0 unspecified atom stereocenters. The van der Waals surface area contributed by atoms with E-state index in [0.29, 0.717) is 17.5 Å². The summed E-state index contributed by atoms with van der Waals surface area (Å²) < 4.78 is 3.67. The van der Waals surface area contributed by atoms with Crippen LogP contribution in [0.15, 0.2) is 72.3 Å². The van der Waals surface area contributed by atoms with Gasteiger partial charge in [-0.3, -0.25) is 9.36 Å². The highest BCUT2D eigenvalue weighted by Gasteiger charge is 2.12. The molecular weight excluding hydrogens is 396 g/mol. The molecule has 0 saturated heterocycles. The van der Waals surface area contributed by atoms with Crippen LogP contribution in [-0.4, -0.2) is 36.2 Å². The molecule has 1 N–H and O–H groups in total. The monoisotopic (exact) mass is 418 g/mol. The fraction of sp³-hybridized carbons (Fsp3) is 0.182. The Morgan fingerprint density at radius 1 is 1.07 bits per heavy atom. The highest BCUT2D eigenvalue weighted by Crippen LogP contribution is 2.21. The van der Waals surface area contributed by atoms with Gasteiger partial charge >= 0.3 is 0 Å². The predicted molar refractivity (Wildman–Crippen MR) is 118 cm³/mol. The number of benzene rings is 2. The zero-order chi connectivity index (χ0) is 20.9. The van der Waals surface area contributed by atoms with Gasteiger partial charge in [-0.05, 0) is 42.7 Å². The van der Waals surface area contributed by atoms with Crippen molar-refractivity contribution in [2.75, 3.05) is 11.1 Å². The molecule has 7 nitrogen and oxygen atoms in total. The first-order valence-electron chi connectivity index (χ1n) is 9.56. The van der Waals surface area contributed by atoms with E-state index < -0.39 is 0 Å². The molecule has 0 aliphatic carbocycles. The number of nitrogens with one attached hydrogen (secondary N) is 1. The minimum atomic E-state index is -0.121. The summed E-state index contributed by atoms with van der Waals surface area (Å²) in [5.74, 6) is 0.768. The van der Waals surface area contributed by atoms with Gasteiger partial charge in [-0.2, -0.15) is 5.10 Å². The van der Waals surface area contributed by atoms with Crippen LogP contribution in [0, 0.1) is 13.8 Å². The molecular formula is C22H22N6OS. The molecule has 0 fully saturated rings. The van der Waals surface area contributed by atoms with E-state index in [1.54, 1.807) is 23.3 Å². The van der Waals surface area contributed by atoms with Gasteiger partial charge < -0.3 is 5.32 Å². The van der Waals surface area contributed by atoms with Crippen LogP contribution < -0.4 is 5.32 Å². The van der Waals surface area contributed by atoms with Crippen molar-refractivity contribution < 1.29 is 4.79 Å². The normalized spacial score (nSPS) is 10.9. The summed E-state index contributed by atoms with van der Waals surface area (Å²) in [7, 11) is 0. The standard InChI is InChI=1S/C22H22N6OS/c1-16-8-9-19(12-17(16)2)27-15-23-26-22(27)30-14-21(29)25-20-10-11-24-28(20)13-18-6-4-3-5-7-18/h3-12,15H,13-14H2,1-2H3,(H,25,29). The Bertz CT molecular complexity index is 1150. The second-order valence-electron chi connectivity index (χ2n) is 6.95. The Kier molecular flexibility index (Phi) is 5.94. The largest absolute Gasteiger partial charge is 0.310 e. The van der Waals surface area contributed by atoms with Crippen LogP contribution in [-0.2, 0) is 11.3 Å². The minimum Gasteiger partial charge on any atom is -0.310 e. The van der Waals surface area contributed by atoms with Gasteiger partial charge in [0, 0.05) is 11.8 Å². The lowest BCUT2D eigenvalue weighted by molar-refractivity contribution is -0.113. The Morgan fingerprint density at radius 3 is 2.70 bits per heavy atom. The highest BCUT2D eigenvalue weighted by atomic mass is 32.2. The quantitative estimate of drug-likeness (QED) is 0.461. The highest BCUT2D eigenvalue weighted by molar-refractivity contribution is 7.99. The zero-order valence-electron chi connectivity index (χ0n) is 16.8. The summed E-state index contributed by atoms with van der Waals surface area (Å²) in [6.45, 7) is 4.74. The van der Waals surface area contributed by atoms with Crippen molar-refractivity contribution in [3.05, 3.63) is 83.8 Å². The van der Waals surface area contributed by atoms with E-state index >= 15 is 0 Å². The van der Waals surface area contributed by atoms with Gasteiger partial charge in [0.2, 0.25) is 5.91 Å². The number of carbonyl (C=O) groups is 1. The molecule has 0 saturated carbocycles. The Morgan fingerprint density at radius 2 is 1.90 bits per heavy atom. The van der Waals surface area contributed by atoms with Crippen molar-refractivity contribution in [3.8, 4) is 5.69 Å². The van der Waals surface area contributed by atoms with Crippen LogP contribution in [0.4, 0.5) is 5.82 Å². The second-order valence-corrected chi connectivity index (χ2v) is 7.89. The lowest BCUT2D eigenvalue weighted by Gasteiger charge is -2.10. The van der Waals surface area contributed by atoms with E-state index in [1.165, 1.54) is 22.9 Å². The van der Waals surface area contributed by atoms with Crippen molar-refractivity contribution in [2.45, 2.75) is 25.5 Å². The number of hydrogen-bond donors (Lipinski definition) is 1. The van der Waals surface area contributed by atoms with E-state index in [-0.39, 0.29) is 11.7 Å². The third kappa shape index (κ3) is 4.60. The molecule has 8 heteroatoms. The van der Waals surface area contributed by atoms with Crippen molar-refractivity contribution in [2.24, 2.45) is 0 Å². The summed E-state index contributed by atoms with van der Waals surface area (Å²) in [6, 6.07) is 18.0. The number of anilines is 1. The summed E-state index contributed by atoms with van der Waals surface area (Å²) >= 11 is 1.35. The summed E-state index contributed by atoms with van der Waals surface area (Å²) in [4.78, 5) is 12.5. The van der Waals surface area contributed by atoms with Crippen molar-refractivity contribution in [3.63, 3.8) is 0 Å². The van der Waals surface area contributed by atoms with E-state index in [1.807, 2.05) is 41.0 Å². The molecule has 0 aliphatic heterocycles. The number of aromatic nitrogens is 5. The first-order valence-corrected chi connectivity index (χ1v) is 10.5. The minimum absolute atomic E-state index is 0.121. The number of thioether (sulfide) groups is 1. The van der Waals surface area contributed by atoms with Crippen LogP contribution in [0.3, 0.4) is 0 Å².